The van der Waals surface area contributed by atoms with Gasteiger partial charge in [0, 0.05) is 16.1 Å². The summed E-state index contributed by atoms with van der Waals surface area (Å²) in [6.45, 7) is 5.15. The lowest BCUT2D eigenvalue weighted by atomic mass is 10.2. The van der Waals surface area contributed by atoms with Gasteiger partial charge in [-0.05, 0) is 18.1 Å². The molecule has 5 heteroatoms. The second-order valence-electron chi connectivity index (χ2n) is 5.13. The Balaban J connectivity index is 2.03. The summed E-state index contributed by atoms with van der Waals surface area (Å²) in [5, 5.41) is 0. The van der Waals surface area contributed by atoms with Gasteiger partial charge >= 0.3 is 0 Å². The minimum atomic E-state index is 0.413. The molecule has 112 valence electrons. The van der Waals surface area contributed by atoms with Crippen LogP contribution in [0.1, 0.15) is 19.4 Å². The minimum Gasteiger partial charge on any atom is -0.476 e. The molecule has 1 aromatic carbocycles. The number of nitrogen functional groups attached to an aromatic ring is 1. The topological polar surface area (TPSA) is 57.4 Å². The van der Waals surface area contributed by atoms with Gasteiger partial charge in [0.1, 0.15) is 6.61 Å². The molecule has 2 N–H and O–H groups in total. The third-order valence-corrected chi connectivity index (χ3v) is 3.52. The average Bonchev–Trinajstić information content (AvgIpc) is 2.46. The van der Waals surface area contributed by atoms with Crippen LogP contribution in [-0.2, 0) is 6.61 Å². The van der Waals surface area contributed by atoms with Crippen LogP contribution >= 0.6 is 15.9 Å². The van der Waals surface area contributed by atoms with Gasteiger partial charge in [-0.1, -0.05) is 48.0 Å². The van der Waals surface area contributed by atoms with Crippen molar-refractivity contribution in [2.24, 2.45) is 5.92 Å². The minimum absolute atomic E-state index is 0.413. The quantitative estimate of drug-likeness (QED) is 0.853. The lowest BCUT2D eigenvalue weighted by Crippen LogP contribution is -2.08. The van der Waals surface area contributed by atoms with E-state index in [4.69, 9.17) is 15.2 Å². The summed E-state index contributed by atoms with van der Waals surface area (Å²) in [4.78, 5) is 4.30. The van der Waals surface area contributed by atoms with Crippen molar-refractivity contribution in [1.82, 2.24) is 4.98 Å². The number of ether oxygens (including phenoxy) is 2. The number of rotatable bonds is 6. The third kappa shape index (κ3) is 4.63. The normalized spacial score (nSPS) is 10.7. The Hall–Kier alpha value is -1.75. The number of hydrogen-bond acceptors (Lipinski definition) is 4. The molecule has 0 saturated heterocycles. The Morgan fingerprint density at radius 2 is 1.90 bits per heavy atom. The molecule has 0 aliphatic carbocycles. The SMILES string of the molecule is CC(C)COc1nc(OCc2ccccc2Br)ccc1N. The van der Waals surface area contributed by atoms with Gasteiger partial charge < -0.3 is 15.2 Å². The van der Waals surface area contributed by atoms with Crippen LogP contribution in [0.3, 0.4) is 0 Å². The fraction of sp³-hybridized carbons (Fsp3) is 0.312. The van der Waals surface area contributed by atoms with Gasteiger partial charge in [0.05, 0.1) is 12.3 Å². The predicted molar refractivity (Wildman–Crippen MR) is 87.5 cm³/mol. The number of anilines is 1. The van der Waals surface area contributed by atoms with Gasteiger partial charge in [-0.25, -0.2) is 0 Å². The van der Waals surface area contributed by atoms with Crippen LogP contribution in [0.15, 0.2) is 40.9 Å². The molecule has 2 rings (SSSR count). The van der Waals surface area contributed by atoms with Gasteiger partial charge in [-0.15, -0.1) is 0 Å². The molecule has 1 heterocycles. The summed E-state index contributed by atoms with van der Waals surface area (Å²) in [6.07, 6.45) is 0. The Labute approximate surface area is 133 Å². The Bertz CT molecular complexity index is 603. The van der Waals surface area contributed by atoms with Crippen molar-refractivity contribution in [3.8, 4) is 11.8 Å². The molecule has 0 atom stereocenters. The van der Waals surface area contributed by atoms with Crippen molar-refractivity contribution in [3.63, 3.8) is 0 Å². The van der Waals surface area contributed by atoms with Gasteiger partial charge in [0.2, 0.25) is 11.8 Å². The van der Waals surface area contributed by atoms with Crippen molar-refractivity contribution in [3.05, 3.63) is 46.4 Å². The van der Waals surface area contributed by atoms with E-state index in [1.54, 1.807) is 12.1 Å². The molecule has 0 fully saturated rings. The number of halogens is 1. The van der Waals surface area contributed by atoms with Crippen LogP contribution in [0.2, 0.25) is 0 Å². The molecule has 1 aromatic heterocycles. The summed E-state index contributed by atoms with van der Waals surface area (Å²) in [6, 6.07) is 11.4. The highest BCUT2D eigenvalue weighted by Crippen LogP contribution is 2.24. The molecule has 0 saturated carbocycles. The molecular formula is C16H19BrN2O2. The monoisotopic (exact) mass is 350 g/mol. The molecule has 21 heavy (non-hydrogen) atoms. The first-order valence-electron chi connectivity index (χ1n) is 6.82. The second-order valence-corrected chi connectivity index (χ2v) is 5.98. The highest BCUT2D eigenvalue weighted by Gasteiger charge is 2.07. The van der Waals surface area contributed by atoms with E-state index in [2.05, 4.69) is 34.8 Å². The Morgan fingerprint density at radius 3 is 2.62 bits per heavy atom. The van der Waals surface area contributed by atoms with Gasteiger partial charge in [0.15, 0.2) is 0 Å². The van der Waals surface area contributed by atoms with Gasteiger partial charge in [-0.3, -0.25) is 0 Å². The Kier molecular flexibility index (Phi) is 5.44. The van der Waals surface area contributed by atoms with E-state index < -0.39 is 0 Å². The Morgan fingerprint density at radius 1 is 1.14 bits per heavy atom. The van der Waals surface area contributed by atoms with Crippen LogP contribution < -0.4 is 15.2 Å². The first-order valence-corrected chi connectivity index (χ1v) is 7.61. The number of nitrogens with two attached hydrogens (primary N) is 1. The van der Waals surface area contributed by atoms with Crippen LogP contribution in [0.5, 0.6) is 11.8 Å². The van der Waals surface area contributed by atoms with E-state index in [-0.39, 0.29) is 0 Å². The van der Waals surface area contributed by atoms with Gasteiger partial charge in [-0.2, -0.15) is 4.98 Å². The zero-order chi connectivity index (χ0) is 15.2. The predicted octanol–water partition coefficient (Wildman–Crippen LogP) is 4.04. The molecule has 2 aromatic rings. The first kappa shape index (κ1) is 15.6. The summed E-state index contributed by atoms with van der Waals surface area (Å²) in [5.74, 6) is 1.34. The van der Waals surface area contributed by atoms with E-state index >= 15 is 0 Å². The van der Waals surface area contributed by atoms with E-state index in [9.17, 15) is 0 Å². The second kappa shape index (κ2) is 7.31. The molecule has 0 bridgehead atoms. The maximum absolute atomic E-state index is 5.86. The molecule has 4 nitrogen and oxygen atoms in total. The van der Waals surface area contributed by atoms with Crippen molar-refractivity contribution < 1.29 is 9.47 Å². The van der Waals surface area contributed by atoms with Crippen LogP contribution in [0.25, 0.3) is 0 Å². The molecule has 0 aliphatic rings. The lowest BCUT2D eigenvalue weighted by Gasteiger charge is -2.12. The number of benzene rings is 1. The molecule has 0 aliphatic heterocycles. The van der Waals surface area contributed by atoms with Crippen molar-refractivity contribution in [1.29, 1.82) is 0 Å². The first-order chi connectivity index (χ1) is 10.1. The fourth-order valence-corrected chi connectivity index (χ4v) is 2.04. The van der Waals surface area contributed by atoms with Crippen LogP contribution in [0, 0.1) is 5.92 Å². The third-order valence-electron chi connectivity index (χ3n) is 2.75. The van der Waals surface area contributed by atoms with Crippen molar-refractivity contribution in [2.75, 3.05) is 12.3 Å². The molecule has 0 radical (unpaired) electrons. The highest BCUT2D eigenvalue weighted by atomic mass is 79.9. The fourth-order valence-electron chi connectivity index (χ4n) is 1.64. The molecular weight excluding hydrogens is 332 g/mol. The number of aromatic nitrogens is 1. The standard InChI is InChI=1S/C16H19BrN2O2/c1-11(2)9-21-16-14(18)7-8-15(19-16)20-10-12-5-3-4-6-13(12)17/h3-8,11H,9-10,18H2,1-2H3. The smallest absolute Gasteiger partial charge is 0.240 e. The number of nitrogens with zero attached hydrogens (tertiary/aromatic N) is 1. The van der Waals surface area contributed by atoms with E-state index in [0.29, 0.717) is 36.6 Å². The van der Waals surface area contributed by atoms with Gasteiger partial charge in [0.25, 0.3) is 0 Å². The average molecular weight is 351 g/mol. The van der Waals surface area contributed by atoms with E-state index in [0.717, 1.165) is 10.0 Å². The van der Waals surface area contributed by atoms with Crippen molar-refractivity contribution in [2.45, 2.75) is 20.5 Å². The molecule has 0 spiro atoms. The zero-order valence-electron chi connectivity index (χ0n) is 12.2. The molecule has 0 unspecified atom stereocenters. The molecule has 0 amide bonds. The van der Waals surface area contributed by atoms with Crippen LogP contribution in [0.4, 0.5) is 5.69 Å². The van der Waals surface area contributed by atoms with E-state index in [1.807, 2.05) is 24.3 Å². The zero-order valence-corrected chi connectivity index (χ0v) is 13.8. The summed E-state index contributed by atoms with van der Waals surface area (Å²) in [7, 11) is 0. The maximum atomic E-state index is 5.86. The highest BCUT2D eigenvalue weighted by molar-refractivity contribution is 9.10. The number of pyridine rings is 1. The van der Waals surface area contributed by atoms with E-state index in [1.165, 1.54) is 0 Å². The largest absolute Gasteiger partial charge is 0.476 e. The summed E-state index contributed by atoms with van der Waals surface area (Å²) < 4.78 is 12.3. The summed E-state index contributed by atoms with van der Waals surface area (Å²) in [5.41, 5.74) is 7.43. The van der Waals surface area contributed by atoms with Crippen LogP contribution in [-0.4, -0.2) is 11.6 Å². The summed E-state index contributed by atoms with van der Waals surface area (Å²) >= 11 is 3.49. The van der Waals surface area contributed by atoms with Crippen molar-refractivity contribution >= 4 is 21.6 Å². The number of hydrogen-bond donors (Lipinski definition) is 1. The lowest BCUT2D eigenvalue weighted by molar-refractivity contribution is 0.250. The maximum Gasteiger partial charge on any atom is 0.240 e.